The first-order valence-electron chi connectivity index (χ1n) is 7.00. The van der Waals surface area contributed by atoms with Gasteiger partial charge in [-0.1, -0.05) is 19.9 Å². The minimum absolute atomic E-state index is 0.159. The number of nitrogens with one attached hydrogen (secondary N) is 2. The molecule has 0 aromatic carbocycles. The molecule has 1 unspecified atom stereocenters. The molecule has 2 N–H and O–H groups in total. The van der Waals surface area contributed by atoms with Crippen molar-refractivity contribution in [2.75, 3.05) is 24.3 Å². The molecule has 0 aliphatic carbocycles. The molecule has 114 valence electrons. The Bertz CT molecular complexity index is 558. The number of anilines is 2. The molecule has 0 aliphatic heterocycles. The van der Waals surface area contributed by atoms with Crippen molar-refractivity contribution in [2.45, 2.75) is 26.8 Å². The van der Waals surface area contributed by atoms with Crippen LogP contribution >= 0.6 is 11.3 Å². The summed E-state index contributed by atoms with van der Waals surface area (Å²) in [6.45, 7) is 6.76. The minimum atomic E-state index is 0.159. The van der Waals surface area contributed by atoms with Gasteiger partial charge in [-0.3, -0.25) is 0 Å². The Morgan fingerprint density at radius 1 is 1.24 bits per heavy atom. The summed E-state index contributed by atoms with van der Waals surface area (Å²) >= 11 is 1.72. The number of rotatable bonds is 7. The van der Waals surface area contributed by atoms with Gasteiger partial charge in [0.05, 0.1) is 12.6 Å². The van der Waals surface area contributed by atoms with Gasteiger partial charge in [0.15, 0.2) is 0 Å². The first-order valence-corrected chi connectivity index (χ1v) is 7.88. The lowest BCUT2D eigenvalue weighted by Crippen LogP contribution is -2.18. The molecule has 7 heteroatoms. The average Bonchev–Trinajstić information content (AvgIpc) is 2.98. The summed E-state index contributed by atoms with van der Waals surface area (Å²) in [5.41, 5.74) is 0. The van der Waals surface area contributed by atoms with Crippen molar-refractivity contribution in [3.8, 4) is 6.01 Å². The molecule has 6 nitrogen and oxygen atoms in total. The summed E-state index contributed by atoms with van der Waals surface area (Å²) in [5.74, 6) is 1.42. The van der Waals surface area contributed by atoms with Gasteiger partial charge in [0, 0.05) is 11.9 Å². The predicted molar refractivity (Wildman–Crippen MR) is 86.1 cm³/mol. The Balaban J connectivity index is 2.25. The normalized spacial score (nSPS) is 12.2. The zero-order valence-electron chi connectivity index (χ0n) is 12.8. The molecule has 2 aromatic rings. The van der Waals surface area contributed by atoms with Gasteiger partial charge in [0.2, 0.25) is 11.9 Å². The van der Waals surface area contributed by atoms with E-state index in [1.165, 1.54) is 4.88 Å². The lowest BCUT2D eigenvalue weighted by molar-refractivity contribution is 0.312. The molecule has 0 radical (unpaired) electrons. The Morgan fingerprint density at radius 2 is 2.00 bits per heavy atom. The first kappa shape index (κ1) is 15.5. The Kier molecular flexibility index (Phi) is 5.32. The van der Waals surface area contributed by atoms with Gasteiger partial charge in [-0.25, -0.2) is 0 Å². The second-order valence-corrected chi connectivity index (χ2v) is 5.81. The Labute approximate surface area is 129 Å². The van der Waals surface area contributed by atoms with Gasteiger partial charge in [-0.2, -0.15) is 15.0 Å². The topological polar surface area (TPSA) is 72.0 Å². The van der Waals surface area contributed by atoms with Crippen molar-refractivity contribution in [3.63, 3.8) is 0 Å². The maximum atomic E-state index is 5.38. The summed E-state index contributed by atoms with van der Waals surface area (Å²) in [4.78, 5) is 14.1. The van der Waals surface area contributed by atoms with E-state index in [2.05, 4.69) is 56.9 Å². The van der Waals surface area contributed by atoms with Gasteiger partial charge >= 0.3 is 6.01 Å². The Morgan fingerprint density at radius 3 is 2.57 bits per heavy atom. The number of hydrogen-bond donors (Lipinski definition) is 2. The zero-order chi connectivity index (χ0) is 15.2. The summed E-state index contributed by atoms with van der Waals surface area (Å²) in [6, 6.07) is 4.65. The smallest absolute Gasteiger partial charge is 0.323 e. The van der Waals surface area contributed by atoms with Gasteiger partial charge in [-0.05, 0) is 24.3 Å². The van der Waals surface area contributed by atoms with E-state index >= 15 is 0 Å². The number of thiophene rings is 1. The van der Waals surface area contributed by atoms with Crippen LogP contribution in [0, 0.1) is 5.92 Å². The maximum absolute atomic E-state index is 5.38. The highest BCUT2D eigenvalue weighted by molar-refractivity contribution is 7.10. The van der Waals surface area contributed by atoms with Crippen molar-refractivity contribution in [2.24, 2.45) is 5.92 Å². The summed E-state index contributed by atoms with van der Waals surface area (Å²) in [5, 5.41) is 8.38. The number of ether oxygens (including phenoxy) is 1. The lowest BCUT2D eigenvalue weighted by Gasteiger charge is -2.21. The Hall–Kier alpha value is -1.89. The summed E-state index contributed by atoms with van der Waals surface area (Å²) in [6.07, 6.45) is 0. The zero-order valence-corrected chi connectivity index (χ0v) is 13.6. The van der Waals surface area contributed by atoms with Gasteiger partial charge in [0.1, 0.15) is 0 Å². The number of nitrogens with zero attached hydrogens (tertiary/aromatic N) is 3. The van der Waals surface area contributed by atoms with E-state index in [0.29, 0.717) is 30.4 Å². The third kappa shape index (κ3) is 4.04. The van der Waals surface area contributed by atoms with Gasteiger partial charge < -0.3 is 15.4 Å². The van der Waals surface area contributed by atoms with Crippen LogP contribution in [0.4, 0.5) is 11.9 Å². The fourth-order valence-electron chi connectivity index (χ4n) is 1.90. The molecule has 1 atom stereocenters. The first-order chi connectivity index (χ1) is 10.1. The molecule has 0 bridgehead atoms. The van der Waals surface area contributed by atoms with Crippen LogP contribution in [0.1, 0.15) is 31.7 Å². The fourth-order valence-corrected chi connectivity index (χ4v) is 2.85. The molecule has 0 amide bonds. The SMILES string of the molecule is CCOc1nc(NC)nc(NC(c2cccs2)C(C)C)n1. The van der Waals surface area contributed by atoms with Crippen LogP contribution in [0.3, 0.4) is 0 Å². The van der Waals surface area contributed by atoms with Crippen LogP contribution in [0.5, 0.6) is 6.01 Å². The quantitative estimate of drug-likeness (QED) is 0.818. The van der Waals surface area contributed by atoms with Crippen molar-refractivity contribution in [3.05, 3.63) is 22.4 Å². The van der Waals surface area contributed by atoms with Crippen LogP contribution in [0.25, 0.3) is 0 Å². The second-order valence-electron chi connectivity index (χ2n) is 4.83. The van der Waals surface area contributed by atoms with E-state index in [0.717, 1.165) is 0 Å². The van der Waals surface area contributed by atoms with Crippen LogP contribution < -0.4 is 15.4 Å². The second kappa shape index (κ2) is 7.21. The van der Waals surface area contributed by atoms with Crippen molar-refractivity contribution in [1.29, 1.82) is 0 Å². The molecule has 0 fully saturated rings. The highest BCUT2D eigenvalue weighted by Gasteiger charge is 2.19. The average molecular weight is 307 g/mol. The van der Waals surface area contributed by atoms with Crippen molar-refractivity contribution >= 4 is 23.2 Å². The number of hydrogen-bond acceptors (Lipinski definition) is 7. The standard InChI is InChI=1S/C14H21N5OS/c1-5-20-14-18-12(15-4)17-13(19-14)16-11(9(2)3)10-7-6-8-21-10/h6-9,11H,5H2,1-4H3,(H2,15,16,17,18,19). The van der Waals surface area contributed by atoms with Crippen molar-refractivity contribution < 1.29 is 4.74 Å². The van der Waals surface area contributed by atoms with Gasteiger partial charge in [-0.15, -0.1) is 11.3 Å². The van der Waals surface area contributed by atoms with Gasteiger partial charge in [0.25, 0.3) is 0 Å². The molecule has 0 saturated carbocycles. The van der Waals surface area contributed by atoms with Crippen molar-refractivity contribution in [1.82, 2.24) is 15.0 Å². The lowest BCUT2D eigenvalue weighted by atomic mass is 10.0. The predicted octanol–water partition coefficient (Wildman–Crippen LogP) is 3.18. The molecule has 2 heterocycles. The van der Waals surface area contributed by atoms with Crippen LogP contribution in [-0.4, -0.2) is 28.6 Å². The monoisotopic (exact) mass is 307 g/mol. The minimum Gasteiger partial charge on any atom is -0.464 e. The maximum Gasteiger partial charge on any atom is 0.323 e. The largest absolute Gasteiger partial charge is 0.464 e. The fraction of sp³-hybridized carbons (Fsp3) is 0.500. The highest BCUT2D eigenvalue weighted by Crippen LogP contribution is 2.29. The van der Waals surface area contributed by atoms with E-state index in [4.69, 9.17) is 4.74 Å². The molecule has 0 spiro atoms. The molecule has 2 aromatic heterocycles. The molecule has 0 aliphatic rings. The third-order valence-corrected chi connectivity index (χ3v) is 3.87. The van der Waals surface area contributed by atoms with E-state index in [-0.39, 0.29) is 6.04 Å². The van der Waals surface area contributed by atoms with E-state index in [1.807, 2.05) is 6.92 Å². The van der Waals surface area contributed by atoms with Crippen LogP contribution in [-0.2, 0) is 0 Å². The highest BCUT2D eigenvalue weighted by atomic mass is 32.1. The van der Waals surface area contributed by atoms with Crippen LogP contribution in [0.15, 0.2) is 17.5 Å². The molecular formula is C14H21N5OS. The molecule has 0 saturated heterocycles. The van der Waals surface area contributed by atoms with E-state index in [1.54, 1.807) is 18.4 Å². The third-order valence-electron chi connectivity index (χ3n) is 2.91. The molecule has 21 heavy (non-hydrogen) atoms. The van der Waals surface area contributed by atoms with Crippen LogP contribution in [0.2, 0.25) is 0 Å². The number of aromatic nitrogens is 3. The summed E-state index contributed by atoms with van der Waals surface area (Å²) in [7, 11) is 1.77. The molecule has 2 rings (SSSR count). The summed E-state index contributed by atoms with van der Waals surface area (Å²) < 4.78 is 5.38. The van der Waals surface area contributed by atoms with E-state index < -0.39 is 0 Å². The van der Waals surface area contributed by atoms with E-state index in [9.17, 15) is 0 Å². The molecular weight excluding hydrogens is 286 g/mol.